The van der Waals surface area contributed by atoms with E-state index < -0.39 is 18.8 Å². The Labute approximate surface area is 101 Å². The molecule has 2 unspecified atom stereocenters. The van der Waals surface area contributed by atoms with Gasteiger partial charge in [-0.05, 0) is 25.8 Å². The third-order valence-electron chi connectivity index (χ3n) is 3.31. The van der Waals surface area contributed by atoms with Gasteiger partial charge in [0.05, 0.1) is 12.6 Å². The minimum Gasteiger partial charge on any atom is -0.391 e. The Morgan fingerprint density at radius 1 is 1.18 bits per heavy atom. The average Bonchev–Trinajstić information content (AvgIpc) is 2.40. The number of rotatable bonds is 4. The Balaban J connectivity index is 2.66. The van der Waals surface area contributed by atoms with Crippen LogP contribution in [-0.4, -0.2) is 41.4 Å². The Kier molecular flexibility index (Phi) is 5.73. The number of hydrogen-bond acceptors (Lipinski definition) is 2. The molecular weight excluding hydrogens is 231 g/mol. The Morgan fingerprint density at radius 2 is 1.82 bits per heavy atom. The fourth-order valence-corrected chi connectivity index (χ4v) is 2.57. The lowest BCUT2D eigenvalue weighted by Crippen LogP contribution is -2.47. The van der Waals surface area contributed by atoms with Crippen molar-refractivity contribution in [1.82, 2.24) is 4.90 Å². The maximum atomic E-state index is 12.5. The normalized spacial score (nSPS) is 27.2. The van der Waals surface area contributed by atoms with Crippen LogP contribution in [0.5, 0.6) is 0 Å². The molecule has 0 aromatic heterocycles. The maximum absolute atomic E-state index is 12.5. The number of halogens is 3. The highest BCUT2D eigenvalue weighted by Crippen LogP contribution is 2.26. The first kappa shape index (κ1) is 14.8. The molecule has 102 valence electrons. The summed E-state index contributed by atoms with van der Waals surface area (Å²) in [4.78, 5) is 1.41. The van der Waals surface area contributed by atoms with Gasteiger partial charge in [0.15, 0.2) is 0 Å². The molecule has 2 atom stereocenters. The van der Waals surface area contributed by atoms with Gasteiger partial charge in [-0.15, -0.1) is 0 Å². The van der Waals surface area contributed by atoms with Crippen molar-refractivity contribution in [2.75, 3.05) is 13.1 Å². The lowest BCUT2D eigenvalue weighted by molar-refractivity contribution is -0.156. The molecule has 1 N–H and O–H groups in total. The number of alkyl halides is 3. The van der Waals surface area contributed by atoms with Crippen LogP contribution >= 0.6 is 0 Å². The highest BCUT2D eigenvalue weighted by atomic mass is 19.4. The van der Waals surface area contributed by atoms with E-state index in [-0.39, 0.29) is 6.04 Å². The molecule has 1 rings (SSSR count). The van der Waals surface area contributed by atoms with Gasteiger partial charge in [-0.3, -0.25) is 4.90 Å². The van der Waals surface area contributed by atoms with E-state index in [4.69, 9.17) is 0 Å². The van der Waals surface area contributed by atoms with Gasteiger partial charge in [0.25, 0.3) is 0 Å². The van der Waals surface area contributed by atoms with Crippen molar-refractivity contribution in [3.63, 3.8) is 0 Å². The average molecular weight is 253 g/mol. The lowest BCUT2D eigenvalue weighted by Gasteiger charge is -2.34. The lowest BCUT2D eigenvalue weighted by atomic mass is 10.0. The van der Waals surface area contributed by atoms with Gasteiger partial charge in [-0.1, -0.05) is 26.2 Å². The first-order valence-electron chi connectivity index (χ1n) is 6.43. The maximum Gasteiger partial charge on any atom is 0.401 e. The SMILES string of the molecule is CCCN(CC(F)(F)F)C1CCCCCC1O. The Morgan fingerprint density at radius 3 is 2.41 bits per heavy atom. The molecule has 17 heavy (non-hydrogen) atoms. The van der Waals surface area contributed by atoms with E-state index in [9.17, 15) is 18.3 Å². The van der Waals surface area contributed by atoms with Crippen LogP contribution in [0, 0.1) is 0 Å². The molecule has 1 fully saturated rings. The number of nitrogens with zero attached hydrogens (tertiary/aromatic N) is 1. The van der Waals surface area contributed by atoms with E-state index in [0.717, 1.165) is 19.3 Å². The second-order valence-corrected chi connectivity index (χ2v) is 4.86. The molecule has 2 nitrogen and oxygen atoms in total. The predicted molar refractivity (Wildman–Crippen MR) is 60.8 cm³/mol. The molecule has 1 saturated carbocycles. The Bertz CT molecular complexity index is 220. The molecule has 0 aromatic rings. The van der Waals surface area contributed by atoms with Crippen LogP contribution in [0.25, 0.3) is 0 Å². The topological polar surface area (TPSA) is 23.5 Å². The van der Waals surface area contributed by atoms with Crippen molar-refractivity contribution in [3.8, 4) is 0 Å². The van der Waals surface area contributed by atoms with Crippen molar-refractivity contribution >= 4 is 0 Å². The predicted octanol–water partition coefficient (Wildman–Crippen LogP) is 2.95. The fourth-order valence-electron chi connectivity index (χ4n) is 2.57. The third-order valence-corrected chi connectivity index (χ3v) is 3.31. The molecular formula is C12H22F3NO. The van der Waals surface area contributed by atoms with E-state index in [1.165, 1.54) is 4.90 Å². The van der Waals surface area contributed by atoms with Crippen molar-refractivity contribution in [2.24, 2.45) is 0 Å². The first-order chi connectivity index (χ1) is 7.94. The van der Waals surface area contributed by atoms with Gasteiger partial charge in [0.2, 0.25) is 0 Å². The van der Waals surface area contributed by atoms with Crippen LogP contribution in [0.1, 0.15) is 45.4 Å². The Hall–Kier alpha value is -0.290. The summed E-state index contributed by atoms with van der Waals surface area (Å²) in [6.45, 7) is 1.37. The summed E-state index contributed by atoms with van der Waals surface area (Å²) in [6, 6.07) is -0.320. The second kappa shape index (κ2) is 6.59. The zero-order valence-corrected chi connectivity index (χ0v) is 10.3. The van der Waals surface area contributed by atoms with E-state index >= 15 is 0 Å². The number of aliphatic hydroxyl groups excluding tert-OH is 1. The summed E-state index contributed by atoms with van der Waals surface area (Å²) >= 11 is 0. The summed E-state index contributed by atoms with van der Waals surface area (Å²) in [7, 11) is 0. The van der Waals surface area contributed by atoms with Crippen molar-refractivity contribution < 1.29 is 18.3 Å². The minimum absolute atomic E-state index is 0.320. The second-order valence-electron chi connectivity index (χ2n) is 4.86. The minimum atomic E-state index is -4.18. The summed E-state index contributed by atoms with van der Waals surface area (Å²) in [5.74, 6) is 0. The third kappa shape index (κ3) is 5.25. The van der Waals surface area contributed by atoms with Crippen LogP contribution in [-0.2, 0) is 0 Å². The van der Waals surface area contributed by atoms with Crippen molar-refractivity contribution in [1.29, 1.82) is 0 Å². The molecule has 5 heteroatoms. The molecule has 0 saturated heterocycles. The quantitative estimate of drug-likeness (QED) is 0.779. The van der Waals surface area contributed by atoms with Gasteiger partial charge < -0.3 is 5.11 Å². The molecule has 0 radical (unpaired) electrons. The smallest absolute Gasteiger partial charge is 0.391 e. The summed E-state index contributed by atoms with van der Waals surface area (Å²) in [5.41, 5.74) is 0. The monoisotopic (exact) mass is 253 g/mol. The molecule has 0 amide bonds. The van der Waals surface area contributed by atoms with E-state index in [0.29, 0.717) is 25.8 Å². The van der Waals surface area contributed by atoms with Crippen LogP contribution in [0.2, 0.25) is 0 Å². The molecule has 0 aromatic carbocycles. The van der Waals surface area contributed by atoms with Gasteiger partial charge in [0.1, 0.15) is 0 Å². The fraction of sp³-hybridized carbons (Fsp3) is 1.00. The van der Waals surface area contributed by atoms with Crippen LogP contribution in [0.4, 0.5) is 13.2 Å². The number of hydrogen-bond donors (Lipinski definition) is 1. The van der Waals surface area contributed by atoms with Gasteiger partial charge >= 0.3 is 6.18 Å². The standard InChI is InChI=1S/C12H22F3NO/c1-2-8-16(9-12(13,14)15)10-6-4-3-5-7-11(10)17/h10-11,17H,2-9H2,1H3. The highest BCUT2D eigenvalue weighted by Gasteiger charge is 2.36. The molecule has 1 aliphatic rings. The first-order valence-corrected chi connectivity index (χ1v) is 6.43. The molecule has 0 spiro atoms. The van der Waals surface area contributed by atoms with E-state index in [1.54, 1.807) is 0 Å². The zero-order valence-electron chi connectivity index (χ0n) is 10.3. The van der Waals surface area contributed by atoms with E-state index in [2.05, 4.69) is 0 Å². The largest absolute Gasteiger partial charge is 0.401 e. The molecule has 0 aliphatic heterocycles. The van der Waals surface area contributed by atoms with Crippen LogP contribution < -0.4 is 0 Å². The van der Waals surface area contributed by atoms with Crippen molar-refractivity contribution in [2.45, 2.75) is 63.8 Å². The van der Waals surface area contributed by atoms with Crippen LogP contribution in [0.15, 0.2) is 0 Å². The molecule has 0 heterocycles. The molecule has 1 aliphatic carbocycles. The summed E-state index contributed by atoms with van der Waals surface area (Å²) in [5, 5.41) is 9.93. The van der Waals surface area contributed by atoms with E-state index in [1.807, 2.05) is 6.92 Å². The van der Waals surface area contributed by atoms with Gasteiger partial charge in [-0.25, -0.2) is 0 Å². The zero-order chi connectivity index (χ0) is 12.9. The van der Waals surface area contributed by atoms with Crippen LogP contribution in [0.3, 0.4) is 0 Å². The van der Waals surface area contributed by atoms with Crippen molar-refractivity contribution in [3.05, 3.63) is 0 Å². The molecule has 0 bridgehead atoms. The number of aliphatic hydroxyl groups is 1. The highest BCUT2D eigenvalue weighted by molar-refractivity contribution is 4.82. The van der Waals surface area contributed by atoms with Gasteiger partial charge in [0, 0.05) is 6.04 Å². The van der Waals surface area contributed by atoms with Gasteiger partial charge in [-0.2, -0.15) is 13.2 Å². The summed E-state index contributed by atoms with van der Waals surface area (Å²) < 4.78 is 37.5. The summed E-state index contributed by atoms with van der Waals surface area (Å²) in [6.07, 6.45) is 0.0510.